The largest absolute Gasteiger partial charge is 0.445 e. The molecule has 1 amide bonds. The first-order valence-electron chi connectivity index (χ1n) is 6.27. The van der Waals surface area contributed by atoms with Crippen LogP contribution in [-0.4, -0.2) is 28.0 Å². The Kier molecular flexibility index (Phi) is 3.21. The molecular weight excluding hydrogens is 341 g/mol. The van der Waals surface area contributed by atoms with Gasteiger partial charge in [0.25, 0.3) is 0 Å². The highest BCUT2D eigenvalue weighted by Crippen LogP contribution is 2.51. The molecule has 1 spiro atoms. The third kappa shape index (κ3) is 2.35. The molecule has 4 heteroatoms. The first-order chi connectivity index (χ1) is 8.67. The summed E-state index contributed by atoms with van der Waals surface area (Å²) in [5.74, 6) is 0. The zero-order chi connectivity index (χ0) is 12.6. The van der Waals surface area contributed by atoms with Crippen LogP contribution >= 0.6 is 22.6 Å². The van der Waals surface area contributed by atoms with Crippen molar-refractivity contribution in [3.8, 4) is 0 Å². The van der Waals surface area contributed by atoms with Crippen LogP contribution in [0.15, 0.2) is 30.3 Å². The standard InChI is InChI=1S/C14H16INO2/c15-12-6-14(7-12)9-16(10-14)13(17)18-8-11-4-2-1-3-5-11/h1-5,12H,6-10H2. The van der Waals surface area contributed by atoms with Crippen LogP contribution < -0.4 is 0 Å². The van der Waals surface area contributed by atoms with Crippen molar-refractivity contribution in [1.29, 1.82) is 0 Å². The predicted molar refractivity (Wildman–Crippen MR) is 77.7 cm³/mol. The zero-order valence-electron chi connectivity index (χ0n) is 10.1. The summed E-state index contributed by atoms with van der Waals surface area (Å²) in [6.07, 6.45) is 2.35. The lowest BCUT2D eigenvalue weighted by Crippen LogP contribution is -2.64. The molecule has 96 valence electrons. The van der Waals surface area contributed by atoms with E-state index in [-0.39, 0.29) is 6.09 Å². The Balaban J connectivity index is 1.44. The summed E-state index contributed by atoms with van der Waals surface area (Å²) < 4.78 is 6.12. The molecule has 3 rings (SSSR count). The van der Waals surface area contributed by atoms with Crippen molar-refractivity contribution in [2.24, 2.45) is 5.41 Å². The monoisotopic (exact) mass is 357 g/mol. The molecule has 0 bridgehead atoms. The van der Waals surface area contributed by atoms with Gasteiger partial charge in [0.2, 0.25) is 0 Å². The Hall–Kier alpha value is -0.780. The minimum Gasteiger partial charge on any atom is -0.445 e. The van der Waals surface area contributed by atoms with Crippen LogP contribution in [0, 0.1) is 5.41 Å². The minimum absolute atomic E-state index is 0.165. The average molecular weight is 357 g/mol. The average Bonchev–Trinajstić information content (AvgIpc) is 2.30. The number of alkyl halides is 1. The number of likely N-dealkylation sites (tertiary alicyclic amines) is 1. The van der Waals surface area contributed by atoms with E-state index in [4.69, 9.17) is 4.74 Å². The molecule has 1 saturated heterocycles. The second-order valence-corrected chi connectivity index (χ2v) is 7.16. The van der Waals surface area contributed by atoms with Crippen molar-refractivity contribution in [2.75, 3.05) is 13.1 Å². The molecule has 1 aromatic carbocycles. The van der Waals surface area contributed by atoms with Gasteiger partial charge in [-0.1, -0.05) is 52.9 Å². The number of hydrogen-bond donors (Lipinski definition) is 0. The maximum Gasteiger partial charge on any atom is 0.410 e. The molecule has 0 radical (unpaired) electrons. The number of nitrogens with zero attached hydrogens (tertiary/aromatic N) is 1. The normalized spacial score (nSPS) is 21.3. The Morgan fingerprint density at radius 2 is 2.00 bits per heavy atom. The fourth-order valence-electron chi connectivity index (χ4n) is 2.84. The van der Waals surface area contributed by atoms with E-state index in [0.29, 0.717) is 12.0 Å². The zero-order valence-corrected chi connectivity index (χ0v) is 12.3. The van der Waals surface area contributed by atoms with Gasteiger partial charge in [0, 0.05) is 22.4 Å². The molecule has 2 fully saturated rings. The summed E-state index contributed by atoms with van der Waals surface area (Å²) in [5.41, 5.74) is 1.48. The van der Waals surface area contributed by atoms with Crippen LogP contribution in [0.3, 0.4) is 0 Å². The quantitative estimate of drug-likeness (QED) is 0.601. The van der Waals surface area contributed by atoms with Crippen LogP contribution in [0.4, 0.5) is 4.79 Å². The molecule has 3 nitrogen and oxygen atoms in total. The summed E-state index contributed by atoms with van der Waals surface area (Å²) >= 11 is 2.49. The number of amides is 1. The van der Waals surface area contributed by atoms with Gasteiger partial charge in [0.1, 0.15) is 6.61 Å². The van der Waals surface area contributed by atoms with E-state index >= 15 is 0 Å². The van der Waals surface area contributed by atoms with Gasteiger partial charge in [-0.3, -0.25) is 0 Å². The van der Waals surface area contributed by atoms with Crippen LogP contribution in [0.2, 0.25) is 0 Å². The molecule has 1 aromatic rings. The van der Waals surface area contributed by atoms with Crippen LogP contribution in [0.1, 0.15) is 18.4 Å². The number of benzene rings is 1. The van der Waals surface area contributed by atoms with Crippen molar-refractivity contribution in [3.63, 3.8) is 0 Å². The van der Waals surface area contributed by atoms with Gasteiger partial charge in [-0.05, 0) is 18.4 Å². The molecule has 2 aliphatic rings. The highest BCUT2D eigenvalue weighted by Gasteiger charge is 2.53. The number of hydrogen-bond acceptors (Lipinski definition) is 2. The van der Waals surface area contributed by atoms with Crippen molar-refractivity contribution in [1.82, 2.24) is 4.90 Å². The molecule has 1 saturated carbocycles. The van der Waals surface area contributed by atoms with Crippen molar-refractivity contribution in [2.45, 2.75) is 23.4 Å². The molecular formula is C14H16INO2. The number of halogens is 1. The van der Waals surface area contributed by atoms with Crippen molar-refractivity contribution >= 4 is 28.7 Å². The fraction of sp³-hybridized carbons (Fsp3) is 0.500. The van der Waals surface area contributed by atoms with Gasteiger partial charge in [-0.25, -0.2) is 4.79 Å². The molecule has 0 aromatic heterocycles. The molecule has 18 heavy (non-hydrogen) atoms. The molecule has 1 heterocycles. The maximum atomic E-state index is 11.8. The number of ether oxygens (including phenoxy) is 1. The molecule has 0 atom stereocenters. The van der Waals surface area contributed by atoms with Crippen molar-refractivity contribution in [3.05, 3.63) is 35.9 Å². The van der Waals surface area contributed by atoms with Crippen molar-refractivity contribution < 1.29 is 9.53 Å². The summed E-state index contributed by atoms with van der Waals surface area (Å²) in [6.45, 7) is 2.15. The minimum atomic E-state index is -0.165. The number of rotatable bonds is 2. The number of carbonyl (C=O) groups is 1. The second kappa shape index (κ2) is 4.72. The first-order valence-corrected chi connectivity index (χ1v) is 7.51. The molecule has 1 aliphatic carbocycles. The summed E-state index contributed by atoms with van der Waals surface area (Å²) in [5, 5.41) is 0. The Morgan fingerprint density at radius 1 is 1.33 bits per heavy atom. The van der Waals surface area contributed by atoms with E-state index in [1.807, 2.05) is 35.2 Å². The van der Waals surface area contributed by atoms with Gasteiger partial charge in [-0.15, -0.1) is 0 Å². The first kappa shape index (κ1) is 12.3. The van der Waals surface area contributed by atoms with Gasteiger partial charge < -0.3 is 9.64 Å². The number of carbonyl (C=O) groups excluding carboxylic acids is 1. The van der Waals surface area contributed by atoms with E-state index in [1.54, 1.807) is 0 Å². The Labute approximate surface area is 121 Å². The molecule has 0 unspecified atom stereocenters. The lowest BCUT2D eigenvalue weighted by molar-refractivity contribution is -0.0475. The third-order valence-electron chi connectivity index (χ3n) is 3.82. The summed E-state index contributed by atoms with van der Waals surface area (Å²) in [4.78, 5) is 13.6. The van der Waals surface area contributed by atoms with E-state index in [0.717, 1.165) is 22.6 Å². The van der Waals surface area contributed by atoms with Gasteiger partial charge in [0.05, 0.1) is 0 Å². The van der Waals surface area contributed by atoms with Crippen LogP contribution in [0.5, 0.6) is 0 Å². The van der Waals surface area contributed by atoms with Gasteiger partial charge >= 0.3 is 6.09 Å². The molecule has 0 N–H and O–H groups in total. The fourth-order valence-corrected chi connectivity index (χ4v) is 4.71. The summed E-state index contributed by atoms with van der Waals surface area (Å²) in [7, 11) is 0. The smallest absolute Gasteiger partial charge is 0.410 e. The van der Waals surface area contributed by atoms with Gasteiger partial charge in [-0.2, -0.15) is 0 Å². The molecule has 1 aliphatic heterocycles. The van der Waals surface area contributed by atoms with E-state index in [1.165, 1.54) is 12.8 Å². The topological polar surface area (TPSA) is 29.5 Å². The summed E-state index contributed by atoms with van der Waals surface area (Å²) in [6, 6.07) is 9.81. The SMILES string of the molecule is O=C(OCc1ccccc1)N1CC2(CC(I)C2)C1. The highest BCUT2D eigenvalue weighted by atomic mass is 127. The second-order valence-electron chi connectivity index (χ2n) is 5.40. The Morgan fingerprint density at radius 3 is 2.61 bits per heavy atom. The van der Waals surface area contributed by atoms with E-state index in [9.17, 15) is 4.79 Å². The maximum absolute atomic E-state index is 11.8. The Bertz CT molecular complexity index is 434. The lowest BCUT2D eigenvalue weighted by atomic mass is 9.64. The third-order valence-corrected chi connectivity index (χ3v) is 4.71. The van der Waals surface area contributed by atoms with Crippen LogP contribution in [0.25, 0.3) is 0 Å². The van der Waals surface area contributed by atoms with Gasteiger partial charge in [0.15, 0.2) is 0 Å². The lowest BCUT2D eigenvalue weighted by Gasteiger charge is -2.57. The van der Waals surface area contributed by atoms with E-state index in [2.05, 4.69) is 22.6 Å². The predicted octanol–water partition coefficient (Wildman–Crippen LogP) is 3.22. The van der Waals surface area contributed by atoms with E-state index < -0.39 is 0 Å². The van der Waals surface area contributed by atoms with Crippen LogP contribution in [-0.2, 0) is 11.3 Å². The highest BCUT2D eigenvalue weighted by molar-refractivity contribution is 14.1.